The van der Waals surface area contributed by atoms with Crippen LogP contribution in [0.4, 0.5) is 0 Å². The monoisotopic (exact) mass is 244 g/mol. The molecule has 1 nitrogen and oxygen atoms in total. The molecule has 86 valence electrons. The van der Waals surface area contributed by atoms with Gasteiger partial charge in [-0.2, -0.15) is 11.8 Å². The zero-order valence-corrected chi connectivity index (χ0v) is 11.0. The Balaban J connectivity index is 2.37. The molecule has 3 heteroatoms. The summed E-state index contributed by atoms with van der Waals surface area (Å²) in [6.07, 6.45) is 5.69. The summed E-state index contributed by atoms with van der Waals surface area (Å²) in [5.41, 5.74) is 0. The van der Waals surface area contributed by atoms with Gasteiger partial charge in [0, 0.05) is 23.2 Å². The number of hydrogen-bond acceptors (Lipinski definition) is 3. The van der Waals surface area contributed by atoms with Crippen LogP contribution in [0.3, 0.4) is 0 Å². The maximum absolute atomic E-state index is 12.0. The van der Waals surface area contributed by atoms with Crippen molar-refractivity contribution in [3.8, 4) is 0 Å². The summed E-state index contributed by atoms with van der Waals surface area (Å²) >= 11 is 3.84. The summed E-state index contributed by atoms with van der Waals surface area (Å²) in [5.74, 6) is 2.81. The van der Waals surface area contributed by atoms with E-state index >= 15 is 0 Å². The first-order chi connectivity index (χ1) is 7.29. The van der Waals surface area contributed by atoms with Crippen molar-refractivity contribution in [1.82, 2.24) is 0 Å². The van der Waals surface area contributed by atoms with E-state index in [2.05, 4.69) is 13.5 Å². The average molecular weight is 244 g/mol. The molecule has 0 aromatic rings. The van der Waals surface area contributed by atoms with Crippen LogP contribution in [0.15, 0.2) is 12.7 Å². The van der Waals surface area contributed by atoms with Gasteiger partial charge in [-0.25, -0.2) is 0 Å². The summed E-state index contributed by atoms with van der Waals surface area (Å²) in [7, 11) is 0. The van der Waals surface area contributed by atoms with Crippen molar-refractivity contribution < 1.29 is 4.79 Å². The second-order valence-corrected chi connectivity index (χ2v) is 6.35. The highest BCUT2D eigenvalue weighted by Gasteiger charge is 2.29. The Morgan fingerprint density at radius 1 is 1.47 bits per heavy atom. The van der Waals surface area contributed by atoms with Gasteiger partial charge in [0.25, 0.3) is 0 Å². The molecule has 1 aliphatic heterocycles. The number of thioether (sulfide) groups is 2. The highest BCUT2D eigenvalue weighted by atomic mass is 32.2. The van der Waals surface area contributed by atoms with Gasteiger partial charge in [-0.05, 0) is 19.3 Å². The maximum atomic E-state index is 12.0. The predicted molar refractivity (Wildman–Crippen MR) is 71.8 cm³/mol. The molecule has 0 aliphatic carbocycles. The molecule has 1 rings (SSSR count). The Kier molecular flexibility index (Phi) is 6.50. The van der Waals surface area contributed by atoms with Crippen LogP contribution in [0.25, 0.3) is 0 Å². The van der Waals surface area contributed by atoms with E-state index in [9.17, 15) is 4.79 Å². The molecule has 0 N–H and O–H groups in total. The van der Waals surface area contributed by atoms with Crippen molar-refractivity contribution >= 4 is 29.3 Å². The molecule has 0 spiro atoms. The van der Waals surface area contributed by atoms with Crippen LogP contribution in [0.1, 0.15) is 32.6 Å². The van der Waals surface area contributed by atoms with Crippen molar-refractivity contribution in [3.63, 3.8) is 0 Å². The molecule has 0 saturated carbocycles. The molecule has 1 aliphatic rings. The molecule has 0 bridgehead atoms. The third-order valence-corrected chi connectivity index (χ3v) is 5.90. The number of hydrogen-bond donors (Lipinski definition) is 0. The molecule has 0 aromatic heterocycles. The van der Waals surface area contributed by atoms with Gasteiger partial charge in [-0.15, -0.1) is 18.3 Å². The lowest BCUT2D eigenvalue weighted by Gasteiger charge is -2.28. The lowest BCUT2D eigenvalue weighted by molar-refractivity contribution is -0.118. The number of allylic oxidation sites excluding steroid dienone is 1. The Labute approximate surface area is 101 Å². The van der Waals surface area contributed by atoms with Crippen LogP contribution in [0.2, 0.25) is 0 Å². The molecule has 0 aromatic carbocycles. The number of unbranched alkanes of at least 4 members (excludes halogenated alkanes) is 1. The van der Waals surface area contributed by atoms with E-state index in [0.717, 1.165) is 31.4 Å². The van der Waals surface area contributed by atoms with Gasteiger partial charge in [0.05, 0.1) is 5.25 Å². The minimum absolute atomic E-state index is 0.263. The number of carbonyl (C=O) groups is 1. The smallest absolute Gasteiger partial charge is 0.146 e. The lowest BCUT2D eigenvalue weighted by atomic mass is 10.1. The summed E-state index contributed by atoms with van der Waals surface area (Å²) in [4.78, 5) is 12.0. The molecule has 2 atom stereocenters. The quantitative estimate of drug-likeness (QED) is 0.525. The summed E-state index contributed by atoms with van der Waals surface area (Å²) in [5, 5.41) is 0.818. The van der Waals surface area contributed by atoms with Crippen LogP contribution in [0.5, 0.6) is 0 Å². The predicted octanol–water partition coefficient (Wildman–Crippen LogP) is 3.54. The van der Waals surface area contributed by atoms with Gasteiger partial charge in [-0.3, -0.25) is 4.79 Å². The van der Waals surface area contributed by atoms with Crippen LogP contribution in [-0.4, -0.2) is 27.8 Å². The van der Waals surface area contributed by atoms with E-state index in [4.69, 9.17) is 0 Å². The highest BCUT2D eigenvalue weighted by Crippen LogP contribution is 2.34. The van der Waals surface area contributed by atoms with E-state index in [1.165, 1.54) is 5.75 Å². The van der Waals surface area contributed by atoms with Gasteiger partial charge >= 0.3 is 0 Å². The molecule has 1 fully saturated rings. The van der Waals surface area contributed by atoms with Gasteiger partial charge in [0.1, 0.15) is 5.78 Å². The first-order valence-corrected chi connectivity index (χ1v) is 7.76. The molecule has 1 saturated heterocycles. The molecular formula is C12H20OS2. The van der Waals surface area contributed by atoms with Gasteiger partial charge in [0.15, 0.2) is 0 Å². The number of rotatable bonds is 6. The van der Waals surface area contributed by atoms with E-state index in [1.807, 2.05) is 29.6 Å². The van der Waals surface area contributed by atoms with E-state index in [1.54, 1.807) is 0 Å². The van der Waals surface area contributed by atoms with Crippen molar-refractivity contribution in [2.75, 3.05) is 11.5 Å². The minimum atomic E-state index is 0.263. The second kappa shape index (κ2) is 7.39. The van der Waals surface area contributed by atoms with Gasteiger partial charge in [-0.1, -0.05) is 13.0 Å². The van der Waals surface area contributed by atoms with Crippen LogP contribution >= 0.6 is 23.5 Å². The number of carbonyl (C=O) groups excluding carboxylic acids is 1. The van der Waals surface area contributed by atoms with Gasteiger partial charge in [0.2, 0.25) is 0 Å². The SMILES string of the molecule is C=CCCCC(=O)C1SCCSC1CC. The largest absolute Gasteiger partial charge is 0.298 e. The lowest BCUT2D eigenvalue weighted by Crippen LogP contribution is -2.32. The second-order valence-electron chi connectivity index (χ2n) is 3.76. The van der Waals surface area contributed by atoms with Crippen LogP contribution in [-0.2, 0) is 4.79 Å². The van der Waals surface area contributed by atoms with Crippen molar-refractivity contribution in [3.05, 3.63) is 12.7 Å². The summed E-state index contributed by atoms with van der Waals surface area (Å²) in [6.45, 7) is 5.87. The Hall–Kier alpha value is 0.110. The minimum Gasteiger partial charge on any atom is -0.298 e. The fourth-order valence-electron chi connectivity index (χ4n) is 1.76. The van der Waals surface area contributed by atoms with E-state index in [-0.39, 0.29) is 5.25 Å². The fraction of sp³-hybridized carbons (Fsp3) is 0.750. The van der Waals surface area contributed by atoms with Gasteiger partial charge < -0.3 is 0 Å². The molecule has 2 unspecified atom stereocenters. The third-order valence-electron chi connectivity index (χ3n) is 2.60. The fourth-order valence-corrected chi connectivity index (χ4v) is 4.84. The zero-order valence-electron chi connectivity index (χ0n) is 9.41. The van der Waals surface area contributed by atoms with E-state index in [0.29, 0.717) is 11.0 Å². The summed E-state index contributed by atoms with van der Waals surface area (Å²) in [6, 6.07) is 0. The molecule has 15 heavy (non-hydrogen) atoms. The molecule has 1 heterocycles. The zero-order chi connectivity index (χ0) is 11.1. The average Bonchev–Trinajstić information content (AvgIpc) is 2.29. The van der Waals surface area contributed by atoms with Crippen molar-refractivity contribution in [2.24, 2.45) is 0 Å². The Morgan fingerprint density at radius 2 is 2.20 bits per heavy atom. The van der Waals surface area contributed by atoms with Crippen molar-refractivity contribution in [1.29, 1.82) is 0 Å². The van der Waals surface area contributed by atoms with Crippen LogP contribution < -0.4 is 0 Å². The normalized spacial score (nSPS) is 26.2. The van der Waals surface area contributed by atoms with E-state index < -0.39 is 0 Å². The third kappa shape index (κ3) is 4.23. The van der Waals surface area contributed by atoms with Crippen LogP contribution in [0, 0.1) is 0 Å². The Bertz CT molecular complexity index is 216. The maximum Gasteiger partial charge on any atom is 0.146 e. The summed E-state index contributed by atoms with van der Waals surface area (Å²) < 4.78 is 0. The molecular weight excluding hydrogens is 224 g/mol. The first-order valence-electron chi connectivity index (χ1n) is 5.66. The molecule has 0 radical (unpaired) electrons. The topological polar surface area (TPSA) is 17.1 Å². The molecule has 0 amide bonds. The highest BCUT2D eigenvalue weighted by molar-refractivity contribution is 8.07. The number of ketones is 1. The first kappa shape index (κ1) is 13.2. The standard InChI is InChI=1S/C12H20OS2/c1-3-5-6-7-10(13)12-11(4-2)14-8-9-15-12/h3,11-12H,1,4-9H2,2H3. The van der Waals surface area contributed by atoms with Crippen molar-refractivity contribution in [2.45, 2.75) is 43.1 Å². The Morgan fingerprint density at radius 3 is 2.87 bits per heavy atom. The number of Topliss-reactive ketones (excluding diaryl/α,β-unsaturated/α-hetero) is 1.